The number of rotatable bonds is 6. The normalized spacial score (nSPS) is 11.0. The Labute approximate surface area is 176 Å². The van der Waals surface area contributed by atoms with Crippen LogP contribution in [0, 0.1) is 0 Å². The van der Waals surface area contributed by atoms with Crippen molar-refractivity contribution >= 4 is 51.6 Å². The molecular formula is C23H18N2O4S. The van der Waals surface area contributed by atoms with E-state index in [2.05, 4.69) is 10.6 Å². The van der Waals surface area contributed by atoms with Crippen LogP contribution in [0.15, 0.2) is 76.5 Å². The predicted octanol–water partition coefficient (Wildman–Crippen LogP) is 5.41. The Balaban J connectivity index is 1.56. The van der Waals surface area contributed by atoms with E-state index in [4.69, 9.17) is 9.15 Å². The second kappa shape index (κ2) is 8.67. The number of hydrogen-bond donors (Lipinski definition) is 2. The van der Waals surface area contributed by atoms with E-state index in [-0.39, 0.29) is 11.7 Å². The number of fused-ring (bicyclic) bond motifs is 1. The summed E-state index contributed by atoms with van der Waals surface area (Å²) in [4.78, 5) is 25.9. The van der Waals surface area contributed by atoms with Gasteiger partial charge in [0, 0.05) is 22.3 Å². The van der Waals surface area contributed by atoms with Gasteiger partial charge >= 0.3 is 0 Å². The summed E-state index contributed by atoms with van der Waals surface area (Å²) in [6.07, 6.45) is 3.23. The average Bonchev–Trinajstić information content (AvgIpc) is 3.40. The second-order valence-corrected chi connectivity index (χ2v) is 7.31. The molecule has 2 N–H and O–H groups in total. The summed E-state index contributed by atoms with van der Waals surface area (Å²) < 4.78 is 11.2. The lowest BCUT2D eigenvalue weighted by atomic mass is 10.2. The third-order valence-corrected chi connectivity index (χ3v) is 5.13. The number of para-hydroxylation sites is 1. The zero-order chi connectivity index (χ0) is 20.9. The first-order valence-corrected chi connectivity index (χ1v) is 10.0. The lowest BCUT2D eigenvalue weighted by molar-refractivity contribution is -0.111. The highest BCUT2D eigenvalue weighted by Crippen LogP contribution is 2.35. The number of carbonyl (C=O) groups is 2. The van der Waals surface area contributed by atoms with Crippen LogP contribution in [0.1, 0.15) is 15.4 Å². The first-order valence-electron chi connectivity index (χ1n) is 9.13. The molecule has 2 aromatic carbocycles. The van der Waals surface area contributed by atoms with Crippen molar-refractivity contribution < 1.29 is 18.7 Å². The quantitative estimate of drug-likeness (QED) is 0.411. The summed E-state index contributed by atoms with van der Waals surface area (Å²) >= 11 is 1.55. The summed E-state index contributed by atoms with van der Waals surface area (Å²) in [7, 11) is 1.47. The zero-order valence-electron chi connectivity index (χ0n) is 16.0. The Morgan fingerprint density at radius 3 is 2.57 bits per heavy atom. The van der Waals surface area contributed by atoms with Crippen molar-refractivity contribution in [3.8, 4) is 5.75 Å². The first kappa shape index (κ1) is 19.5. The predicted molar refractivity (Wildman–Crippen MR) is 119 cm³/mol. The first-order chi connectivity index (χ1) is 14.6. The van der Waals surface area contributed by atoms with Crippen LogP contribution >= 0.6 is 11.3 Å². The smallest absolute Gasteiger partial charge is 0.295 e. The van der Waals surface area contributed by atoms with Gasteiger partial charge < -0.3 is 19.8 Å². The van der Waals surface area contributed by atoms with E-state index >= 15 is 0 Å². The maximum Gasteiger partial charge on any atom is 0.295 e. The van der Waals surface area contributed by atoms with E-state index in [1.807, 2.05) is 35.7 Å². The third kappa shape index (κ3) is 4.26. The van der Waals surface area contributed by atoms with Gasteiger partial charge in [0.2, 0.25) is 11.7 Å². The molecule has 0 fully saturated rings. The molecule has 0 atom stereocenters. The Bertz CT molecular complexity index is 1210. The number of anilines is 2. The molecule has 6 nitrogen and oxygen atoms in total. The maximum absolute atomic E-state index is 12.7. The monoisotopic (exact) mass is 418 g/mol. The molecule has 2 amide bonds. The second-order valence-electron chi connectivity index (χ2n) is 6.33. The van der Waals surface area contributed by atoms with Gasteiger partial charge in [-0.2, -0.15) is 0 Å². The molecule has 7 heteroatoms. The zero-order valence-corrected chi connectivity index (χ0v) is 16.9. The number of amides is 2. The highest BCUT2D eigenvalue weighted by molar-refractivity contribution is 7.10. The molecule has 0 unspecified atom stereocenters. The summed E-state index contributed by atoms with van der Waals surface area (Å²) in [5, 5.41) is 8.13. The largest absolute Gasteiger partial charge is 0.492 e. The number of furan rings is 1. The number of methoxy groups -OCH3 is 1. The van der Waals surface area contributed by atoms with E-state index in [1.54, 1.807) is 47.7 Å². The fraction of sp³-hybridized carbons (Fsp3) is 0.0435. The molecule has 0 saturated heterocycles. The number of nitrogens with one attached hydrogen (secondary N) is 2. The van der Waals surface area contributed by atoms with Crippen molar-refractivity contribution in [3.63, 3.8) is 0 Å². The van der Waals surface area contributed by atoms with E-state index in [0.717, 1.165) is 4.88 Å². The summed E-state index contributed by atoms with van der Waals surface area (Å²) in [5.74, 6) is -0.299. The molecule has 150 valence electrons. The minimum absolute atomic E-state index is 0.0671. The fourth-order valence-corrected chi connectivity index (χ4v) is 3.56. The van der Waals surface area contributed by atoms with Crippen LogP contribution in [0.2, 0.25) is 0 Å². The van der Waals surface area contributed by atoms with Crippen molar-refractivity contribution in [1.82, 2.24) is 0 Å². The van der Waals surface area contributed by atoms with Gasteiger partial charge in [-0.25, -0.2) is 0 Å². The average molecular weight is 418 g/mol. The fourth-order valence-electron chi connectivity index (χ4n) is 2.94. The van der Waals surface area contributed by atoms with Crippen molar-refractivity contribution in [2.45, 2.75) is 0 Å². The number of ether oxygens (including phenoxy) is 1. The van der Waals surface area contributed by atoms with E-state index in [1.165, 1.54) is 13.2 Å². The lowest BCUT2D eigenvalue weighted by Crippen LogP contribution is -2.11. The number of carbonyl (C=O) groups excluding carboxylic acids is 2. The van der Waals surface area contributed by atoms with Crippen LogP contribution < -0.4 is 15.4 Å². The number of hydrogen-bond acceptors (Lipinski definition) is 5. The molecule has 2 aromatic heterocycles. The SMILES string of the molecule is COc1c(C(=O)Nc2ccccc2)oc2ccc(NC(=O)C=Cc3cccs3)cc12. The van der Waals surface area contributed by atoms with Gasteiger partial charge in [0.15, 0.2) is 5.75 Å². The Morgan fingerprint density at radius 1 is 1.00 bits per heavy atom. The topological polar surface area (TPSA) is 80.6 Å². The van der Waals surface area contributed by atoms with Crippen molar-refractivity contribution in [2.24, 2.45) is 0 Å². The molecule has 0 bridgehead atoms. The standard InChI is InChI=1S/C23H18N2O4S/c1-28-21-18-14-16(24-20(26)12-10-17-8-5-13-30-17)9-11-19(18)29-22(21)23(27)25-15-6-3-2-4-7-15/h2-14H,1H3,(H,24,26)(H,25,27). The van der Waals surface area contributed by atoms with Gasteiger partial charge in [0.1, 0.15) is 5.58 Å². The van der Waals surface area contributed by atoms with Gasteiger partial charge in [-0.15, -0.1) is 11.3 Å². The van der Waals surface area contributed by atoms with Crippen LogP contribution in [-0.4, -0.2) is 18.9 Å². The van der Waals surface area contributed by atoms with Gasteiger partial charge in [-0.1, -0.05) is 24.3 Å². The molecule has 4 rings (SSSR count). The molecular weight excluding hydrogens is 400 g/mol. The van der Waals surface area contributed by atoms with Crippen LogP contribution in [0.4, 0.5) is 11.4 Å². The highest BCUT2D eigenvalue weighted by atomic mass is 32.1. The molecule has 30 heavy (non-hydrogen) atoms. The van der Waals surface area contributed by atoms with Crippen LogP contribution in [0.5, 0.6) is 5.75 Å². The number of thiophene rings is 1. The molecule has 2 heterocycles. The Hall–Kier alpha value is -3.84. The van der Waals surface area contributed by atoms with Gasteiger partial charge in [0.05, 0.1) is 12.5 Å². The molecule has 0 radical (unpaired) electrons. The third-order valence-electron chi connectivity index (χ3n) is 4.29. The molecule has 0 aliphatic carbocycles. The van der Waals surface area contributed by atoms with E-state index < -0.39 is 5.91 Å². The summed E-state index contributed by atoms with van der Waals surface area (Å²) in [6, 6.07) is 18.1. The van der Waals surface area contributed by atoms with Gasteiger partial charge in [-0.05, 0) is 47.9 Å². The van der Waals surface area contributed by atoms with Crippen molar-refractivity contribution in [2.75, 3.05) is 17.7 Å². The van der Waals surface area contributed by atoms with Crippen LogP contribution in [0.25, 0.3) is 17.0 Å². The maximum atomic E-state index is 12.7. The van der Waals surface area contributed by atoms with Gasteiger partial charge in [0.25, 0.3) is 5.91 Å². The minimum Gasteiger partial charge on any atom is -0.492 e. The van der Waals surface area contributed by atoms with Crippen LogP contribution in [-0.2, 0) is 4.79 Å². The van der Waals surface area contributed by atoms with Crippen LogP contribution in [0.3, 0.4) is 0 Å². The van der Waals surface area contributed by atoms with Crippen molar-refractivity contribution in [3.05, 3.63) is 82.8 Å². The molecule has 0 spiro atoms. The minimum atomic E-state index is -0.418. The summed E-state index contributed by atoms with van der Waals surface area (Å²) in [5.41, 5.74) is 1.70. The Morgan fingerprint density at radius 2 is 1.83 bits per heavy atom. The number of benzene rings is 2. The van der Waals surface area contributed by atoms with Gasteiger partial charge in [-0.3, -0.25) is 9.59 Å². The van der Waals surface area contributed by atoms with E-state index in [9.17, 15) is 9.59 Å². The molecule has 4 aromatic rings. The molecule has 0 aliphatic rings. The molecule has 0 saturated carbocycles. The lowest BCUT2D eigenvalue weighted by Gasteiger charge is -2.04. The highest BCUT2D eigenvalue weighted by Gasteiger charge is 2.22. The summed E-state index contributed by atoms with van der Waals surface area (Å²) in [6.45, 7) is 0. The van der Waals surface area contributed by atoms with E-state index in [0.29, 0.717) is 28.1 Å². The molecule has 0 aliphatic heterocycles. The van der Waals surface area contributed by atoms with Crippen molar-refractivity contribution in [1.29, 1.82) is 0 Å². The Kier molecular flexibility index (Phi) is 5.63.